The van der Waals surface area contributed by atoms with Gasteiger partial charge in [0.25, 0.3) is 5.91 Å². The molecule has 1 aromatic heterocycles. The number of unbranched alkanes of at least 4 members (excludes halogenated alkanes) is 6. The Bertz CT molecular complexity index is 4630. The molecule has 3 aromatic carbocycles. The molecular formula is C80H108N18O27. The number of aryl methyl sites for hydroxylation is 1. The second kappa shape index (κ2) is 50.3. The van der Waals surface area contributed by atoms with E-state index >= 15 is 0 Å². The Hall–Kier alpha value is -14.2. The van der Waals surface area contributed by atoms with Gasteiger partial charge in [-0.2, -0.15) is 0 Å². The van der Waals surface area contributed by atoms with Gasteiger partial charge in [0.1, 0.15) is 72.6 Å². The number of esters is 1. The first-order chi connectivity index (χ1) is 59.1. The van der Waals surface area contributed by atoms with Gasteiger partial charge >= 0.3 is 29.8 Å². The third kappa shape index (κ3) is 34.0. The number of primary amides is 1. The van der Waals surface area contributed by atoms with Gasteiger partial charge in [-0.05, 0) is 81.8 Å². The normalized spacial score (nSPS) is 20.4. The molecule has 125 heavy (non-hydrogen) atoms. The molecule has 5 rings (SSSR count). The van der Waals surface area contributed by atoms with Crippen LogP contribution in [0, 0.1) is 12.8 Å². The summed E-state index contributed by atoms with van der Waals surface area (Å²) in [6.07, 6.45) is -2.97. The second-order valence-corrected chi connectivity index (χ2v) is 29.8. The van der Waals surface area contributed by atoms with E-state index in [1.807, 2.05) is 16.0 Å². The van der Waals surface area contributed by atoms with Gasteiger partial charge in [0.2, 0.25) is 82.7 Å². The molecule has 0 aliphatic carbocycles. The molecule has 0 saturated carbocycles. The van der Waals surface area contributed by atoms with Crippen LogP contribution in [-0.4, -0.2) is 254 Å². The number of carbonyl (C=O) groups excluding carboxylic acids is 17. The van der Waals surface area contributed by atoms with E-state index in [0.29, 0.717) is 34.9 Å². The predicted molar refractivity (Wildman–Crippen MR) is 439 cm³/mol. The Labute approximate surface area is 715 Å². The van der Waals surface area contributed by atoms with E-state index in [1.54, 1.807) is 43.5 Å². The molecule has 1 aliphatic heterocycles. The van der Waals surface area contributed by atoms with Crippen LogP contribution in [0.25, 0.3) is 10.9 Å². The van der Waals surface area contributed by atoms with Crippen molar-refractivity contribution in [1.29, 1.82) is 0 Å². The van der Waals surface area contributed by atoms with Crippen molar-refractivity contribution in [1.82, 2.24) is 79.4 Å². The van der Waals surface area contributed by atoms with Gasteiger partial charge in [0.05, 0.1) is 57.4 Å². The SMILES string of the molecule is CCCCCCCCCC(=O)NC(Cc1c[nH]c2ccccc12)C(=O)NC(CC(N)=O)C(=O)NC(CC(=O)O)C(=O)NC1C(=O)NCC(=O)NC(CCCNC(=O)c2cc(C)ccc2N)C(=O)NC(CC(=O)O)C(=O)NC(C)C(=O)NC(CC(=O)O)C(=O)NCC(=O)NC(CO)C(=O)NC(C(C)CC(=O)O)C(=O)NC(CC(=O)c2ccccc2N)C(=O)OC1C. The van der Waals surface area contributed by atoms with Gasteiger partial charge in [-0.3, -0.25) is 95.9 Å². The van der Waals surface area contributed by atoms with E-state index in [4.69, 9.17) is 21.9 Å². The minimum atomic E-state index is -2.50. The Morgan fingerprint density at radius 3 is 1.71 bits per heavy atom. The standard InChI is InChI=1S/C80H108N18O27/c1-6-7-8-9-10-11-12-23-60(102)90-51(29-43-35-85-49-21-16-14-18-44(43)49)74(118)93-52(31-59(83)101)75(119)95-55(34-66(111)112)76(120)98-68-42(5)125-80(124)56(30-58(100)45-19-13-15-20-47(45)81)96-79(123)67(40(3)28-63(105)106)97-77(121)57(38-99)91-62(104)36-86-71(115)53(32-64(107)108)92-69(113)41(4)88-73(117)54(33-65(109)110)94-72(116)50(89-61(103)37-87-78(68)122)22-17-26-84-70(114)46-27-39(2)24-25-48(46)82/h13-16,18-21,24-25,27,35,40-42,50-57,67-68,85,99H,6-12,17,22-23,26,28-34,36-38,81-82H2,1-5H3,(H2,83,101)(H,84,114)(H,86,115)(H,87,122)(H,88,117)(H,89,103)(H,90,102)(H,91,104)(H,92,113)(H,93,118)(H,94,116)(H,95,119)(H,96,123)(H,97,121)(H,98,120)(H,105,106)(H,107,108)(H,109,110)(H,111,112). The van der Waals surface area contributed by atoms with Crippen molar-refractivity contribution in [3.8, 4) is 0 Å². The number of nitrogens with two attached hydrogens (primary N) is 3. The highest BCUT2D eigenvalue weighted by Crippen LogP contribution is 2.22. The number of anilines is 2. The Morgan fingerprint density at radius 1 is 0.536 bits per heavy atom. The topological polar surface area (TPSA) is 731 Å². The second-order valence-electron chi connectivity index (χ2n) is 29.8. The van der Waals surface area contributed by atoms with E-state index in [9.17, 15) is 126 Å². The largest absolute Gasteiger partial charge is 0.481 e. The van der Waals surface area contributed by atoms with Gasteiger partial charge in [-0.25, -0.2) is 4.79 Å². The lowest BCUT2D eigenvalue weighted by atomic mass is 9.96. The van der Waals surface area contributed by atoms with Gasteiger partial charge in [0, 0.05) is 59.8 Å². The lowest BCUT2D eigenvalue weighted by molar-refractivity contribution is -0.156. The zero-order valence-electron chi connectivity index (χ0n) is 69.2. The summed E-state index contributed by atoms with van der Waals surface area (Å²) in [7, 11) is 0. The number of aliphatic carboxylic acids is 4. The van der Waals surface area contributed by atoms with Gasteiger partial charge in [-0.15, -0.1) is 0 Å². The Balaban J connectivity index is 1.64. The van der Waals surface area contributed by atoms with Crippen molar-refractivity contribution in [2.45, 2.75) is 216 Å². The molecule has 45 nitrogen and oxygen atoms in total. The van der Waals surface area contributed by atoms with Crippen LogP contribution in [0.4, 0.5) is 11.4 Å². The lowest BCUT2D eigenvalue weighted by Crippen LogP contribution is -2.62. The maximum absolute atomic E-state index is 15.0. The number of hydrogen-bond acceptors (Lipinski definition) is 25. The number of ketones is 1. The first-order valence-electron chi connectivity index (χ1n) is 40.0. The number of aromatic amines is 1. The number of ether oxygens (including phenoxy) is 1. The third-order valence-electron chi connectivity index (χ3n) is 19.6. The van der Waals surface area contributed by atoms with Crippen molar-refractivity contribution in [2.24, 2.45) is 11.7 Å². The number of carboxylic acids is 4. The number of para-hydroxylation sites is 2. The average Bonchev–Trinajstić information content (AvgIpc) is 1.76. The molecule has 1 fully saturated rings. The van der Waals surface area contributed by atoms with E-state index < -0.39 is 267 Å². The maximum atomic E-state index is 15.0. The molecule has 0 radical (unpaired) electrons. The highest BCUT2D eigenvalue weighted by atomic mass is 16.5. The van der Waals surface area contributed by atoms with Crippen LogP contribution in [0.3, 0.4) is 0 Å². The van der Waals surface area contributed by atoms with Crippen LogP contribution >= 0.6 is 0 Å². The first-order valence-corrected chi connectivity index (χ1v) is 40.0. The van der Waals surface area contributed by atoms with Crippen molar-refractivity contribution in [2.75, 3.05) is 37.7 Å². The van der Waals surface area contributed by atoms with Gasteiger partial charge < -0.3 is 127 Å². The van der Waals surface area contributed by atoms with Crippen LogP contribution in [-0.2, 0) is 102 Å². The number of aromatic nitrogens is 1. The number of benzene rings is 3. The van der Waals surface area contributed by atoms with Crippen LogP contribution in [0.2, 0.25) is 0 Å². The molecule has 4 aromatic rings. The Kier molecular flexibility index (Phi) is 40.8. The molecule has 15 amide bonds. The molecule has 13 unspecified atom stereocenters. The summed E-state index contributed by atoms with van der Waals surface area (Å²) in [4.78, 5) is 293. The molecule has 0 bridgehead atoms. The number of aliphatic hydroxyl groups is 1. The highest BCUT2D eigenvalue weighted by molar-refractivity contribution is 6.06. The number of aliphatic hydroxyl groups excluding tert-OH is 1. The summed E-state index contributed by atoms with van der Waals surface area (Å²) >= 11 is 0. The monoisotopic (exact) mass is 1750 g/mol. The fourth-order valence-corrected chi connectivity index (χ4v) is 12.9. The molecule has 1 aliphatic rings. The number of fused-ring (bicyclic) bond motifs is 1. The number of carboxylic acid groups (broad SMARTS) is 4. The van der Waals surface area contributed by atoms with E-state index in [1.165, 1.54) is 36.4 Å². The number of hydrogen-bond donors (Lipinski definition) is 23. The molecule has 26 N–H and O–H groups in total. The highest BCUT2D eigenvalue weighted by Gasteiger charge is 2.41. The quantitative estimate of drug-likeness (QED) is 0.00880. The molecule has 45 heteroatoms. The van der Waals surface area contributed by atoms with E-state index in [2.05, 4.69) is 70.4 Å². The summed E-state index contributed by atoms with van der Waals surface area (Å²) < 4.78 is 5.72. The molecule has 13 atom stereocenters. The number of rotatable bonds is 37. The number of H-pyrrole nitrogens is 1. The maximum Gasteiger partial charge on any atom is 0.329 e. The van der Waals surface area contributed by atoms with Crippen LogP contribution in [0.15, 0.2) is 72.9 Å². The van der Waals surface area contributed by atoms with Crippen molar-refractivity contribution in [3.63, 3.8) is 0 Å². The summed E-state index contributed by atoms with van der Waals surface area (Å²) in [5, 5.41) is 81.8. The number of nitrogens with one attached hydrogen (secondary N) is 15. The fraction of sp³-hybridized carbons (Fsp3) is 0.487. The average molecular weight is 1750 g/mol. The molecular weight excluding hydrogens is 1640 g/mol. The molecule has 1 saturated heterocycles. The number of nitrogen functional groups attached to an aromatic ring is 2. The van der Waals surface area contributed by atoms with E-state index in [0.717, 1.165) is 52.9 Å². The minimum absolute atomic E-state index is 0.0294. The molecule has 0 spiro atoms. The fourth-order valence-electron chi connectivity index (χ4n) is 12.9. The van der Waals surface area contributed by atoms with Gasteiger partial charge in [0.15, 0.2) is 5.78 Å². The smallest absolute Gasteiger partial charge is 0.329 e. The first kappa shape index (κ1) is 101. The van der Waals surface area contributed by atoms with Crippen molar-refractivity contribution in [3.05, 3.63) is 95.2 Å². The summed E-state index contributed by atoms with van der Waals surface area (Å²) in [5.41, 5.74) is 19.1. The number of Topliss-reactive ketones (excluding diaryl/α,β-unsaturated/α-hetero) is 1. The summed E-state index contributed by atoms with van der Waals surface area (Å²) in [6, 6.07) is -6.58. The Morgan fingerprint density at radius 2 is 1.09 bits per heavy atom. The van der Waals surface area contributed by atoms with Crippen LogP contribution in [0.1, 0.15) is 162 Å². The minimum Gasteiger partial charge on any atom is -0.481 e. The van der Waals surface area contributed by atoms with E-state index in [-0.39, 0.29) is 48.3 Å². The number of amides is 15. The zero-order valence-corrected chi connectivity index (χ0v) is 69.2. The zero-order chi connectivity index (χ0) is 92.9. The molecule has 2 heterocycles. The number of cyclic esters (lactones) is 1. The van der Waals surface area contributed by atoms with Crippen molar-refractivity contribution >= 4 is 147 Å². The lowest BCUT2D eigenvalue weighted by Gasteiger charge is -2.30. The van der Waals surface area contributed by atoms with Crippen molar-refractivity contribution < 1.29 is 131 Å². The summed E-state index contributed by atoms with van der Waals surface area (Å²) in [5.74, 6) is -31.0. The number of carbonyl (C=O) groups is 21. The predicted octanol–water partition coefficient (Wildman–Crippen LogP) is -4.26. The third-order valence-corrected chi connectivity index (χ3v) is 19.6. The van der Waals surface area contributed by atoms with Crippen LogP contribution in [0.5, 0.6) is 0 Å². The van der Waals surface area contributed by atoms with Crippen LogP contribution < -0.4 is 91.6 Å². The summed E-state index contributed by atoms with van der Waals surface area (Å²) in [6.45, 7) is 2.50. The van der Waals surface area contributed by atoms with Gasteiger partial charge in [-0.1, -0.05) is 94.3 Å². The molecule has 680 valence electrons.